The fourth-order valence-electron chi connectivity index (χ4n) is 3.63. The zero-order valence-electron chi connectivity index (χ0n) is 17.5. The van der Waals surface area contributed by atoms with Crippen LogP contribution in [0.15, 0.2) is 24.5 Å². The topological polar surface area (TPSA) is 119 Å². The van der Waals surface area contributed by atoms with E-state index in [0.717, 1.165) is 36.3 Å². The number of nitrogens with one attached hydrogen (secondary N) is 1. The number of halogens is 1. The number of aromatic nitrogens is 4. The van der Waals surface area contributed by atoms with Gasteiger partial charge >= 0.3 is 0 Å². The number of anilines is 1. The average Bonchev–Trinajstić information content (AvgIpc) is 3.40. The number of hydrogen-bond acceptors (Lipinski definition) is 9. The lowest BCUT2D eigenvalue weighted by molar-refractivity contribution is 0.0981. The van der Waals surface area contributed by atoms with E-state index in [2.05, 4.69) is 25.5 Å². The maximum atomic E-state index is 13.0. The Kier molecular flexibility index (Phi) is 6.83. The highest BCUT2D eigenvalue weighted by Gasteiger charge is 2.26. The molecule has 3 aromatic heterocycles. The molecule has 0 aliphatic heterocycles. The van der Waals surface area contributed by atoms with Gasteiger partial charge in [0.15, 0.2) is 0 Å². The van der Waals surface area contributed by atoms with Crippen molar-refractivity contribution in [2.24, 2.45) is 5.92 Å². The monoisotopic (exact) mass is 475 g/mol. The molecule has 1 amide bonds. The number of ether oxygens (including phenoxy) is 2. The molecule has 1 fully saturated rings. The molecule has 9 nitrogen and oxygen atoms in total. The van der Waals surface area contributed by atoms with Gasteiger partial charge in [-0.3, -0.25) is 15.1 Å². The van der Waals surface area contributed by atoms with Crippen LogP contribution < -0.4 is 14.8 Å². The Morgan fingerprint density at radius 1 is 1.25 bits per heavy atom. The Bertz CT molecular complexity index is 1130. The first kappa shape index (κ1) is 22.4. The van der Waals surface area contributed by atoms with Crippen molar-refractivity contribution in [2.75, 3.05) is 19.0 Å². The van der Waals surface area contributed by atoms with E-state index in [0.29, 0.717) is 39.4 Å². The van der Waals surface area contributed by atoms with Crippen LogP contribution in [0.25, 0.3) is 11.1 Å². The van der Waals surface area contributed by atoms with Crippen molar-refractivity contribution in [3.8, 4) is 22.1 Å². The third-order valence-corrected chi connectivity index (χ3v) is 6.25. The Balaban J connectivity index is 1.52. The maximum absolute atomic E-state index is 13.0. The predicted molar refractivity (Wildman–Crippen MR) is 120 cm³/mol. The molecule has 0 radical (unpaired) electrons. The van der Waals surface area contributed by atoms with Gasteiger partial charge in [0.2, 0.25) is 5.13 Å². The summed E-state index contributed by atoms with van der Waals surface area (Å²) in [6, 6.07) is 3.42. The lowest BCUT2D eigenvalue weighted by Gasteiger charge is -2.13. The number of hydrogen-bond donors (Lipinski definition) is 2. The fourth-order valence-corrected chi connectivity index (χ4v) is 4.38. The molecule has 0 bridgehead atoms. The minimum atomic E-state index is -0.406. The minimum absolute atomic E-state index is 0.0975. The number of aliphatic hydroxyl groups excluding tert-OH is 1. The van der Waals surface area contributed by atoms with Gasteiger partial charge in [0.05, 0.1) is 31.6 Å². The molecule has 1 saturated carbocycles. The molecule has 3 aromatic rings. The summed E-state index contributed by atoms with van der Waals surface area (Å²) < 4.78 is 11.1. The molecule has 32 heavy (non-hydrogen) atoms. The van der Waals surface area contributed by atoms with Crippen molar-refractivity contribution in [1.82, 2.24) is 20.2 Å². The molecule has 168 valence electrons. The molecule has 0 spiro atoms. The molecule has 0 saturated heterocycles. The summed E-state index contributed by atoms with van der Waals surface area (Å²) in [6.45, 7) is 2.20. The van der Waals surface area contributed by atoms with Gasteiger partial charge in [-0.1, -0.05) is 23.1 Å². The lowest BCUT2D eigenvalue weighted by Crippen LogP contribution is -2.20. The second kappa shape index (κ2) is 9.76. The van der Waals surface area contributed by atoms with E-state index in [1.54, 1.807) is 12.1 Å². The number of pyridine rings is 2. The van der Waals surface area contributed by atoms with E-state index in [1.165, 1.54) is 19.5 Å². The molecule has 4 rings (SSSR count). The molecule has 0 aromatic carbocycles. The van der Waals surface area contributed by atoms with Gasteiger partial charge in [0.25, 0.3) is 11.1 Å². The molecule has 2 N–H and O–H groups in total. The largest absolute Gasteiger partial charge is 0.494 e. The van der Waals surface area contributed by atoms with Crippen LogP contribution >= 0.6 is 22.9 Å². The van der Waals surface area contributed by atoms with E-state index in [4.69, 9.17) is 21.1 Å². The summed E-state index contributed by atoms with van der Waals surface area (Å²) in [5.41, 5.74) is 2.28. The van der Waals surface area contributed by atoms with Crippen molar-refractivity contribution in [3.63, 3.8) is 0 Å². The number of methoxy groups -OCH3 is 1. The standard InChI is InChI=1S/C21H22ClN5O4S/c1-11-6-13(14-7-18(22)24-9-17(14)30-2)15(8-23-11)19(29)25-20-26-27-21(32-20)31-10-12-4-3-5-16(12)28/h6-9,12,16,28H,3-5,10H2,1-2H3,(H,25,26,29)/t12-,16-/m1/s1. The molecular formula is C21H22ClN5O4S. The quantitative estimate of drug-likeness (QED) is 0.496. The first-order chi connectivity index (χ1) is 15.4. The van der Waals surface area contributed by atoms with Crippen LogP contribution in [0, 0.1) is 12.8 Å². The molecule has 1 aliphatic rings. The number of rotatable bonds is 7. The van der Waals surface area contributed by atoms with E-state index in [-0.39, 0.29) is 17.2 Å². The normalized spacial score (nSPS) is 17.9. The first-order valence-electron chi connectivity index (χ1n) is 10.1. The molecule has 3 heterocycles. The number of amides is 1. The highest BCUT2D eigenvalue weighted by Crippen LogP contribution is 2.34. The molecule has 0 unspecified atom stereocenters. The van der Waals surface area contributed by atoms with Gasteiger partial charge in [-0.25, -0.2) is 4.98 Å². The number of aliphatic hydroxyl groups is 1. The van der Waals surface area contributed by atoms with Gasteiger partial charge in [-0.15, -0.1) is 5.10 Å². The number of carbonyl (C=O) groups is 1. The van der Waals surface area contributed by atoms with Crippen LogP contribution in [0.2, 0.25) is 5.15 Å². The van der Waals surface area contributed by atoms with Gasteiger partial charge in [0, 0.05) is 28.9 Å². The van der Waals surface area contributed by atoms with Crippen molar-refractivity contribution >= 4 is 34.0 Å². The SMILES string of the molecule is COc1cnc(Cl)cc1-c1cc(C)ncc1C(=O)Nc1nnc(OC[C@H]2CCC[C@H]2O)s1. The van der Waals surface area contributed by atoms with E-state index < -0.39 is 5.91 Å². The lowest BCUT2D eigenvalue weighted by atomic mass is 10.0. The Hall–Kier alpha value is -2.82. The Labute approximate surface area is 193 Å². The Morgan fingerprint density at radius 3 is 2.84 bits per heavy atom. The van der Waals surface area contributed by atoms with Crippen LogP contribution in [0.3, 0.4) is 0 Å². The van der Waals surface area contributed by atoms with Crippen molar-refractivity contribution in [3.05, 3.63) is 40.9 Å². The smallest absolute Gasteiger partial charge is 0.295 e. The summed E-state index contributed by atoms with van der Waals surface area (Å²) in [5, 5.41) is 21.5. The average molecular weight is 476 g/mol. The second-order valence-corrected chi connectivity index (χ2v) is 8.80. The van der Waals surface area contributed by atoms with Crippen molar-refractivity contribution in [1.29, 1.82) is 0 Å². The van der Waals surface area contributed by atoms with Gasteiger partial charge in [-0.05, 0) is 43.2 Å². The van der Waals surface area contributed by atoms with E-state index in [1.807, 2.05) is 6.92 Å². The Morgan fingerprint density at radius 2 is 2.09 bits per heavy atom. The van der Waals surface area contributed by atoms with Gasteiger partial charge < -0.3 is 14.6 Å². The van der Waals surface area contributed by atoms with E-state index >= 15 is 0 Å². The van der Waals surface area contributed by atoms with Crippen LogP contribution in [0.4, 0.5) is 5.13 Å². The summed E-state index contributed by atoms with van der Waals surface area (Å²) in [6.07, 6.45) is 5.38. The zero-order valence-corrected chi connectivity index (χ0v) is 19.1. The maximum Gasteiger partial charge on any atom is 0.295 e. The number of nitrogens with zero attached hydrogens (tertiary/aromatic N) is 4. The predicted octanol–water partition coefficient (Wildman–Crippen LogP) is 3.76. The third-order valence-electron chi connectivity index (χ3n) is 5.30. The van der Waals surface area contributed by atoms with E-state index in [9.17, 15) is 9.90 Å². The number of carbonyl (C=O) groups excluding carboxylic acids is 1. The van der Waals surface area contributed by atoms with Crippen molar-refractivity contribution < 1.29 is 19.4 Å². The molecule has 11 heteroatoms. The van der Waals surface area contributed by atoms with Crippen molar-refractivity contribution in [2.45, 2.75) is 32.3 Å². The van der Waals surface area contributed by atoms with Gasteiger partial charge in [-0.2, -0.15) is 0 Å². The van der Waals surface area contributed by atoms with Gasteiger partial charge in [0.1, 0.15) is 10.9 Å². The minimum Gasteiger partial charge on any atom is -0.494 e. The molecule has 1 aliphatic carbocycles. The first-order valence-corrected chi connectivity index (χ1v) is 11.3. The summed E-state index contributed by atoms with van der Waals surface area (Å²) in [7, 11) is 1.52. The fraction of sp³-hybridized carbons (Fsp3) is 0.381. The summed E-state index contributed by atoms with van der Waals surface area (Å²) >= 11 is 7.21. The zero-order chi connectivity index (χ0) is 22.7. The highest BCUT2D eigenvalue weighted by molar-refractivity contribution is 7.17. The number of aryl methyl sites for hydroxylation is 1. The van der Waals surface area contributed by atoms with Crippen LogP contribution in [-0.4, -0.2) is 51.0 Å². The molecule has 2 atom stereocenters. The summed E-state index contributed by atoms with van der Waals surface area (Å²) in [4.78, 5) is 21.3. The molecular weight excluding hydrogens is 454 g/mol. The highest BCUT2D eigenvalue weighted by atomic mass is 35.5. The second-order valence-electron chi connectivity index (χ2n) is 7.48. The van der Waals surface area contributed by atoms with Crippen LogP contribution in [0.1, 0.15) is 35.3 Å². The van der Waals surface area contributed by atoms with Crippen LogP contribution in [0.5, 0.6) is 10.9 Å². The third kappa shape index (κ3) is 4.98. The van der Waals surface area contributed by atoms with Crippen LogP contribution in [-0.2, 0) is 0 Å². The summed E-state index contributed by atoms with van der Waals surface area (Å²) in [5.74, 6) is 0.173.